The number of carbonyl (C=O) groups excluding carboxylic acids is 2. The fraction of sp³-hybridized carbons (Fsp3) is 0.0741. The zero-order valence-corrected chi connectivity index (χ0v) is 19.2. The van der Waals surface area contributed by atoms with Crippen molar-refractivity contribution in [3.8, 4) is 0 Å². The van der Waals surface area contributed by atoms with Crippen molar-refractivity contribution in [3.05, 3.63) is 102 Å². The highest BCUT2D eigenvalue weighted by molar-refractivity contribution is 8.00. The van der Waals surface area contributed by atoms with E-state index in [0.29, 0.717) is 22.0 Å². The van der Waals surface area contributed by atoms with Crippen molar-refractivity contribution >= 4 is 51.7 Å². The summed E-state index contributed by atoms with van der Waals surface area (Å²) in [6, 6.07) is 24.8. The van der Waals surface area contributed by atoms with Gasteiger partial charge in [0.2, 0.25) is 5.91 Å². The van der Waals surface area contributed by atoms with Crippen molar-refractivity contribution in [2.45, 2.75) is 11.8 Å². The summed E-state index contributed by atoms with van der Waals surface area (Å²) in [6.45, 7) is 1.97. The highest BCUT2D eigenvalue weighted by atomic mass is 32.2. The van der Waals surface area contributed by atoms with Gasteiger partial charge >= 0.3 is 5.97 Å². The number of rotatable bonds is 7. The third-order valence-corrected chi connectivity index (χ3v) is 6.18. The standard InChI is InChI=1S/C27H22N2O4S/c1-17-5-2-8-20(15-17)28-24(30)16-34-21-13-11-19(12-14-21)29-26(31)22-9-3-6-18-7-4-10-23(25(18)22)27(32)33/h2-15H,16H2,1H3,(H,28,30)(H,29,31)(H,32,33). The summed E-state index contributed by atoms with van der Waals surface area (Å²) in [6.07, 6.45) is 0. The third kappa shape index (κ3) is 5.44. The smallest absolute Gasteiger partial charge is 0.336 e. The first kappa shape index (κ1) is 23.1. The van der Waals surface area contributed by atoms with E-state index in [0.717, 1.165) is 16.1 Å². The molecule has 4 aromatic carbocycles. The lowest BCUT2D eigenvalue weighted by atomic mass is 9.98. The Balaban J connectivity index is 1.41. The molecule has 0 aliphatic rings. The van der Waals surface area contributed by atoms with E-state index in [4.69, 9.17) is 0 Å². The van der Waals surface area contributed by atoms with Crippen LogP contribution in [0.3, 0.4) is 0 Å². The van der Waals surface area contributed by atoms with E-state index in [2.05, 4.69) is 10.6 Å². The first-order valence-electron chi connectivity index (χ1n) is 10.6. The number of carboxylic acids is 1. The number of nitrogens with one attached hydrogen (secondary N) is 2. The molecule has 4 aromatic rings. The zero-order chi connectivity index (χ0) is 24.1. The predicted molar refractivity (Wildman–Crippen MR) is 136 cm³/mol. The summed E-state index contributed by atoms with van der Waals surface area (Å²) in [4.78, 5) is 37.7. The minimum atomic E-state index is -1.08. The van der Waals surface area contributed by atoms with Crippen molar-refractivity contribution in [1.29, 1.82) is 0 Å². The molecule has 0 aromatic heterocycles. The summed E-state index contributed by atoms with van der Waals surface area (Å²) >= 11 is 1.39. The Morgan fingerprint density at radius 2 is 1.47 bits per heavy atom. The average molecular weight is 471 g/mol. The second-order valence-corrected chi connectivity index (χ2v) is 8.75. The molecule has 0 aliphatic carbocycles. The molecule has 0 saturated heterocycles. The van der Waals surface area contributed by atoms with Gasteiger partial charge in [0.1, 0.15) is 0 Å². The number of fused-ring (bicyclic) bond motifs is 1. The summed E-state index contributed by atoms with van der Waals surface area (Å²) in [5, 5.41) is 16.3. The van der Waals surface area contributed by atoms with Crippen LogP contribution >= 0.6 is 11.8 Å². The minimum absolute atomic E-state index is 0.0823. The molecule has 6 nitrogen and oxygen atoms in total. The molecule has 3 N–H and O–H groups in total. The van der Waals surface area contributed by atoms with E-state index in [1.165, 1.54) is 17.8 Å². The van der Waals surface area contributed by atoms with Gasteiger partial charge in [-0.15, -0.1) is 11.8 Å². The maximum atomic E-state index is 12.9. The van der Waals surface area contributed by atoms with Gasteiger partial charge in [-0.2, -0.15) is 0 Å². The van der Waals surface area contributed by atoms with E-state index in [9.17, 15) is 19.5 Å². The first-order chi connectivity index (χ1) is 16.4. The Kier molecular flexibility index (Phi) is 6.94. The van der Waals surface area contributed by atoms with Gasteiger partial charge in [-0.05, 0) is 66.4 Å². The van der Waals surface area contributed by atoms with Gasteiger partial charge in [-0.1, -0.05) is 36.4 Å². The molecule has 0 atom stereocenters. The molecule has 0 heterocycles. The fourth-order valence-electron chi connectivity index (χ4n) is 3.61. The number of anilines is 2. The number of amides is 2. The van der Waals surface area contributed by atoms with Crippen LogP contribution in [-0.4, -0.2) is 28.6 Å². The normalized spacial score (nSPS) is 10.6. The van der Waals surface area contributed by atoms with Crippen LogP contribution in [0.25, 0.3) is 10.8 Å². The summed E-state index contributed by atoms with van der Waals surface area (Å²) in [5.41, 5.74) is 2.79. The van der Waals surface area contributed by atoms with Crippen LogP contribution in [0.4, 0.5) is 11.4 Å². The third-order valence-electron chi connectivity index (χ3n) is 5.16. The Labute approximate surface area is 201 Å². The van der Waals surface area contributed by atoms with Crippen LogP contribution in [0.5, 0.6) is 0 Å². The summed E-state index contributed by atoms with van der Waals surface area (Å²) < 4.78 is 0. The van der Waals surface area contributed by atoms with Gasteiger partial charge in [0.05, 0.1) is 11.3 Å². The van der Waals surface area contributed by atoms with E-state index in [-0.39, 0.29) is 17.2 Å². The van der Waals surface area contributed by atoms with Crippen molar-refractivity contribution in [2.75, 3.05) is 16.4 Å². The van der Waals surface area contributed by atoms with E-state index >= 15 is 0 Å². The second kappa shape index (κ2) is 10.2. The fourth-order valence-corrected chi connectivity index (χ4v) is 4.31. The van der Waals surface area contributed by atoms with Crippen LogP contribution in [0.1, 0.15) is 26.3 Å². The summed E-state index contributed by atoms with van der Waals surface area (Å²) in [7, 11) is 0. The number of thioether (sulfide) groups is 1. The largest absolute Gasteiger partial charge is 0.478 e. The second-order valence-electron chi connectivity index (χ2n) is 7.70. The van der Waals surface area contributed by atoms with Gasteiger partial charge in [0.15, 0.2) is 0 Å². The lowest BCUT2D eigenvalue weighted by molar-refractivity contribution is -0.113. The molecule has 0 unspecified atom stereocenters. The molecular formula is C27H22N2O4S. The molecule has 2 amide bonds. The molecule has 0 bridgehead atoms. The van der Waals surface area contributed by atoms with Crippen LogP contribution in [-0.2, 0) is 4.79 Å². The minimum Gasteiger partial charge on any atom is -0.478 e. The van der Waals surface area contributed by atoms with Crippen molar-refractivity contribution in [2.24, 2.45) is 0 Å². The van der Waals surface area contributed by atoms with Crippen molar-refractivity contribution < 1.29 is 19.5 Å². The topological polar surface area (TPSA) is 95.5 Å². The van der Waals surface area contributed by atoms with Crippen LogP contribution in [0.2, 0.25) is 0 Å². The number of carbonyl (C=O) groups is 3. The van der Waals surface area contributed by atoms with E-state index in [1.807, 2.05) is 43.3 Å². The van der Waals surface area contributed by atoms with Gasteiger partial charge in [0, 0.05) is 27.2 Å². The van der Waals surface area contributed by atoms with Gasteiger partial charge in [0.25, 0.3) is 5.91 Å². The molecule has 7 heteroatoms. The van der Waals surface area contributed by atoms with Crippen molar-refractivity contribution in [3.63, 3.8) is 0 Å². The SMILES string of the molecule is Cc1cccc(NC(=O)CSc2ccc(NC(=O)c3cccc4cccc(C(=O)O)c34)cc2)c1. The maximum absolute atomic E-state index is 12.9. The molecule has 34 heavy (non-hydrogen) atoms. The molecule has 0 spiro atoms. The first-order valence-corrected chi connectivity index (χ1v) is 11.5. The quantitative estimate of drug-likeness (QED) is 0.295. The average Bonchev–Trinajstić information content (AvgIpc) is 2.82. The number of aromatic carboxylic acids is 1. The molecule has 4 rings (SSSR count). The van der Waals surface area contributed by atoms with Crippen molar-refractivity contribution in [1.82, 2.24) is 0 Å². The van der Waals surface area contributed by atoms with Crippen LogP contribution in [0.15, 0.2) is 89.8 Å². The molecule has 0 radical (unpaired) electrons. The maximum Gasteiger partial charge on any atom is 0.336 e. The number of hydrogen-bond acceptors (Lipinski definition) is 4. The lowest BCUT2D eigenvalue weighted by Crippen LogP contribution is -2.14. The molecule has 0 saturated carbocycles. The van der Waals surface area contributed by atoms with Crippen LogP contribution in [0, 0.1) is 6.92 Å². The highest BCUT2D eigenvalue weighted by Gasteiger charge is 2.16. The number of aryl methyl sites for hydroxylation is 1. The Hall–Kier alpha value is -4.10. The van der Waals surface area contributed by atoms with Gasteiger partial charge in [-0.25, -0.2) is 4.79 Å². The number of benzene rings is 4. The molecule has 0 aliphatic heterocycles. The van der Waals surface area contributed by atoms with E-state index in [1.54, 1.807) is 42.5 Å². The summed E-state index contributed by atoms with van der Waals surface area (Å²) in [5.74, 6) is -1.32. The Morgan fingerprint density at radius 3 is 2.15 bits per heavy atom. The lowest BCUT2D eigenvalue weighted by Gasteiger charge is -2.11. The predicted octanol–water partition coefficient (Wildman–Crippen LogP) is 5.83. The molecule has 170 valence electrons. The molecular weight excluding hydrogens is 448 g/mol. The number of carboxylic acid groups (broad SMARTS) is 1. The van der Waals surface area contributed by atoms with Gasteiger partial charge < -0.3 is 15.7 Å². The molecule has 0 fully saturated rings. The van der Waals surface area contributed by atoms with E-state index < -0.39 is 11.9 Å². The zero-order valence-electron chi connectivity index (χ0n) is 18.4. The number of hydrogen-bond donors (Lipinski definition) is 3. The Morgan fingerprint density at radius 1 is 0.794 bits per heavy atom. The monoisotopic (exact) mass is 470 g/mol. The van der Waals surface area contributed by atoms with Crippen LogP contribution < -0.4 is 10.6 Å². The van der Waals surface area contributed by atoms with Gasteiger partial charge in [-0.3, -0.25) is 9.59 Å². The highest BCUT2D eigenvalue weighted by Crippen LogP contribution is 2.25. The Bertz CT molecular complexity index is 1380.